The number of rotatable bonds is 3. The topological polar surface area (TPSA) is 33.5 Å². The van der Waals surface area contributed by atoms with Crippen LogP contribution in [0.2, 0.25) is 0 Å². The summed E-state index contributed by atoms with van der Waals surface area (Å²) in [5, 5.41) is 2.50. The van der Waals surface area contributed by atoms with Crippen LogP contribution in [-0.4, -0.2) is 12.5 Å². The summed E-state index contributed by atoms with van der Waals surface area (Å²) < 4.78 is 0. The number of carbonyl (C=O) groups excluding carboxylic acids is 1. The van der Waals surface area contributed by atoms with Crippen molar-refractivity contribution in [3.05, 3.63) is 53.5 Å². The van der Waals surface area contributed by atoms with Crippen LogP contribution in [0.5, 0.6) is 0 Å². The summed E-state index contributed by atoms with van der Waals surface area (Å²) in [7, 11) is 0. The second-order valence-corrected chi connectivity index (χ2v) is 2.63. The molecule has 0 spiro atoms. The molecule has 3 nitrogen and oxygen atoms in total. The van der Waals surface area contributed by atoms with E-state index in [9.17, 15) is 4.79 Å². The molecule has 0 aliphatic heterocycles. The van der Waals surface area contributed by atoms with E-state index in [4.69, 9.17) is 6.57 Å². The first kappa shape index (κ1) is 10.0. The third kappa shape index (κ3) is 3.55. The highest BCUT2D eigenvalue weighted by Crippen LogP contribution is 1.99. The monoisotopic (exact) mass is 186 g/mol. The van der Waals surface area contributed by atoms with Gasteiger partial charge in [-0.3, -0.25) is 4.79 Å². The Morgan fingerprint density at radius 1 is 1.43 bits per heavy atom. The van der Waals surface area contributed by atoms with Gasteiger partial charge in [-0.15, -0.1) is 0 Å². The summed E-state index contributed by atoms with van der Waals surface area (Å²) in [5.41, 5.74) is 1.01. The van der Waals surface area contributed by atoms with Gasteiger partial charge in [0.2, 0.25) is 0 Å². The van der Waals surface area contributed by atoms with Gasteiger partial charge >= 0.3 is 5.91 Å². The van der Waals surface area contributed by atoms with Gasteiger partial charge in [0.05, 0.1) is 0 Å². The smallest absolute Gasteiger partial charge is 0.304 e. The van der Waals surface area contributed by atoms with Crippen molar-refractivity contribution < 1.29 is 4.79 Å². The molecule has 0 heterocycles. The highest BCUT2D eigenvalue weighted by molar-refractivity contribution is 5.81. The number of benzene rings is 1. The van der Waals surface area contributed by atoms with Crippen LogP contribution in [0, 0.1) is 6.57 Å². The third-order valence-electron chi connectivity index (χ3n) is 1.54. The van der Waals surface area contributed by atoms with Crippen molar-refractivity contribution in [3.8, 4) is 0 Å². The minimum Gasteiger partial charge on any atom is -0.326 e. The van der Waals surface area contributed by atoms with E-state index in [0.29, 0.717) is 0 Å². The van der Waals surface area contributed by atoms with E-state index in [-0.39, 0.29) is 12.5 Å². The first-order chi connectivity index (χ1) is 6.83. The van der Waals surface area contributed by atoms with Crippen molar-refractivity contribution in [1.82, 2.24) is 5.32 Å². The van der Waals surface area contributed by atoms with Gasteiger partial charge in [0.25, 0.3) is 6.54 Å². The van der Waals surface area contributed by atoms with E-state index in [1.54, 1.807) is 12.3 Å². The van der Waals surface area contributed by atoms with Gasteiger partial charge in [-0.1, -0.05) is 30.3 Å². The molecule has 1 aromatic carbocycles. The number of nitrogens with one attached hydrogen (secondary N) is 1. The first-order valence-electron chi connectivity index (χ1n) is 4.17. The summed E-state index contributed by atoms with van der Waals surface area (Å²) in [4.78, 5) is 13.8. The third-order valence-corrected chi connectivity index (χ3v) is 1.54. The quantitative estimate of drug-likeness (QED) is 0.716. The number of carbonyl (C=O) groups is 1. The Balaban J connectivity index is 2.43. The number of amides is 1. The molecule has 0 aliphatic carbocycles. The molecule has 1 rings (SSSR count). The molecule has 0 unspecified atom stereocenters. The normalized spacial score (nSPS) is 9.64. The molecule has 1 N–H and O–H groups in total. The lowest BCUT2D eigenvalue weighted by molar-refractivity contribution is -0.118. The molecular weight excluding hydrogens is 176 g/mol. The molecule has 1 amide bonds. The first-order valence-corrected chi connectivity index (χ1v) is 4.17. The van der Waals surface area contributed by atoms with Gasteiger partial charge in [-0.05, 0) is 11.6 Å². The molecule has 3 heteroatoms. The Morgan fingerprint density at radius 3 is 2.79 bits per heavy atom. The molecule has 0 atom stereocenters. The molecule has 0 saturated heterocycles. The summed E-state index contributed by atoms with van der Waals surface area (Å²) in [6.45, 7) is 6.35. The molecule has 70 valence electrons. The second-order valence-electron chi connectivity index (χ2n) is 2.63. The minimum absolute atomic E-state index is 0.126. The van der Waals surface area contributed by atoms with Crippen LogP contribution >= 0.6 is 0 Å². The molecule has 0 aromatic heterocycles. The lowest BCUT2D eigenvalue weighted by Gasteiger charge is -1.92. The SMILES string of the molecule is [C-]#[N+]CC(=O)NC=Cc1ccccc1. The number of nitrogens with zero attached hydrogens (tertiary/aromatic N) is 1. The van der Waals surface area contributed by atoms with Gasteiger partial charge < -0.3 is 10.2 Å². The van der Waals surface area contributed by atoms with E-state index < -0.39 is 0 Å². The lowest BCUT2D eigenvalue weighted by atomic mass is 10.2. The molecule has 1 aromatic rings. The van der Waals surface area contributed by atoms with Crippen molar-refractivity contribution in [2.24, 2.45) is 0 Å². The van der Waals surface area contributed by atoms with E-state index in [1.165, 1.54) is 0 Å². The number of hydrogen-bond acceptors (Lipinski definition) is 1. The largest absolute Gasteiger partial charge is 0.326 e. The zero-order valence-corrected chi connectivity index (χ0v) is 7.60. The van der Waals surface area contributed by atoms with E-state index in [1.807, 2.05) is 30.3 Å². The molecule has 0 bridgehead atoms. The van der Waals surface area contributed by atoms with E-state index >= 15 is 0 Å². The molecule has 14 heavy (non-hydrogen) atoms. The summed E-state index contributed by atoms with van der Waals surface area (Å²) in [5.74, 6) is -0.285. The highest BCUT2D eigenvalue weighted by atomic mass is 16.1. The maximum Gasteiger partial charge on any atom is 0.304 e. The zero-order valence-electron chi connectivity index (χ0n) is 7.60. The average Bonchev–Trinajstić information content (AvgIpc) is 2.20. The molecule has 0 radical (unpaired) electrons. The van der Waals surface area contributed by atoms with Crippen LogP contribution in [0.1, 0.15) is 5.56 Å². The Morgan fingerprint density at radius 2 is 2.14 bits per heavy atom. The molecular formula is C11H10N2O. The van der Waals surface area contributed by atoms with E-state index in [0.717, 1.165) is 5.56 Å². The van der Waals surface area contributed by atoms with Gasteiger partial charge in [-0.25, -0.2) is 6.57 Å². The van der Waals surface area contributed by atoms with Gasteiger partial charge in [0.15, 0.2) is 0 Å². The average molecular weight is 186 g/mol. The van der Waals surface area contributed by atoms with Crippen molar-refractivity contribution in [1.29, 1.82) is 0 Å². The lowest BCUT2D eigenvalue weighted by Crippen LogP contribution is -2.18. The maximum absolute atomic E-state index is 10.9. The Labute approximate surface area is 82.9 Å². The van der Waals surface area contributed by atoms with Crippen molar-refractivity contribution >= 4 is 12.0 Å². The van der Waals surface area contributed by atoms with Crippen LogP contribution < -0.4 is 5.32 Å². The van der Waals surface area contributed by atoms with Gasteiger partial charge in [0.1, 0.15) is 0 Å². The Hall–Kier alpha value is -2.08. The summed E-state index contributed by atoms with van der Waals surface area (Å²) >= 11 is 0. The minimum atomic E-state index is -0.285. The van der Waals surface area contributed by atoms with Crippen molar-refractivity contribution in [2.75, 3.05) is 6.54 Å². The summed E-state index contributed by atoms with van der Waals surface area (Å²) in [6, 6.07) is 9.62. The van der Waals surface area contributed by atoms with Crippen molar-refractivity contribution in [2.45, 2.75) is 0 Å². The van der Waals surface area contributed by atoms with Crippen LogP contribution in [0.25, 0.3) is 10.9 Å². The van der Waals surface area contributed by atoms with Crippen LogP contribution in [-0.2, 0) is 4.79 Å². The van der Waals surface area contributed by atoms with Gasteiger partial charge in [-0.2, -0.15) is 0 Å². The molecule has 0 aliphatic rings. The predicted molar refractivity (Wildman–Crippen MR) is 55.1 cm³/mol. The molecule has 0 saturated carbocycles. The fraction of sp³-hybridized carbons (Fsp3) is 0.0909. The molecule has 0 fully saturated rings. The fourth-order valence-corrected chi connectivity index (χ4v) is 0.912. The van der Waals surface area contributed by atoms with Gasteiger partial charge in [0, 0.05) is 6.20 Å². The predicted octanol–water partition coefficient (Wildman–Crippen LogP) is 1.69. The zero-order chi connectivity index (χ0) is 10.2. The van der Waals surface area contributed by atoms with Crippen LogP contribution in [0.4, 0.5) is 0 Å². The van der Waals surface area contributed by atoms with Crippen LogP contribution in [0.15, 0.2) is 36.5 Å². The van der Waals surface area contributed by atoms with Crippen LogP contribution in [0.3, 0.4) is 0 Å². The Kier molecular flexibility index (Phi) is 3.96. The Bertz CT molecular complexity index is 363. The second kappa shape index (κ2) is 5.55. The maximum atomic E-state index is 10.9. The standard InChI is InChI=1S/C11H10N2O/c1-12-9-11(14)13-8-7-10-5-3-2-4-6-10/h2-8H,9H2,(H,13,14). The summed E-state index contributed by atoms with van der Waals surface area (Å²) in [6.07, 6.45) is 3.32. The van der Waals surface area contributed by atoms with Crippen molar-refractivity contribution in [3.63, 3.8) is 0 Å². The fourth-order valence-electron chi connectivity index (χ4n) is 0.912. The van der Waals surface area contributed by atoms with E-state index in [2.05, 4.69) is 10.2 Å². The number of hydrogen-bond donors (Lipinski definition) is 1. The highest BCUT2D eigenvalue weighted by Gasteiger charge is 1.97.